The van der Waals surface area contributed by atoms with Crippen molar-refractivity contribution < 1.29 is 0 Å². The van der Waals surface area contributed by atoms with Crippen LogP contribution in [-0.4, -0.2) is 4.57 Å². The van der Waals surface area contributed by atoms with E-state index in [1.54, 1.807) is 0 Å². The van der Waals surface area contributed by atoms with E-state index in [4.69, 9.17) is 0 Å². The van der Waals surface area contributed by atoms with Crippen LogP contribution in [0.3, 0.4) is 0 Å². The molecule has 0 aliphatic heterocycles. The third-order valence-corrected chi connectivity index (χ3v) is 15.4. The molecular formula is C69H48N2. The minimum absolute atomic E-state index is 0.0659. The van der Waals surface area contributed by atoms with Crippen molar-refractivity contribution in [3.05, 3.63) is 266 Å². The summed E-state index contributed by atoms with van der Waals surface area (Å²) in [5.74, 6) is 0. The predicted molar refractivity (Wildman–Crippen MR) is 302 cm³/mol. The van der Waals surface area contributed by atoms with Crippen molar-refractivity contribution >= 4 is 71.2 Å². The largest absolute Gasteiger partial charge is 0.310 e. The molecule has 0 amide bonds. The van der Waals surface area contributed by atoms with Crippen molar-refractivity contribution in [2.24, 2.45) is 0 Å². The summed E-state index contributed by atoms with van der Waals surface area (Å²) < 4.78 is 2.42. The van der Waals surface area contributed by atoms with Crippen LogP contribution in [0.5, 0.6) is 0 Å². The number of hydrogen-bond donors (Lipinski definition) is 0. The van der Waals surface area contributed by atoms with Gasteiger partial charge in [0.2, 0.25) is 0 Å². The summed E-state index contributed by atoms with van der Waals surface area (Å²) in [6.07, 6.45) is 0. The number of anilines is 3. The Hall–Kier alpha value is -8.98. The number of benzene rings is 12. The van der Waals surface area contributed by atoms with Gasteiger partial charge in [0.1, 0.15) is 0 Å². The molecule has 0 saturated carbocycles. The third kappa shape index (κ3) is 6.56. The topological polar surface area (TPSA) is 8.17 Å². The molecule has 1 heterocycles. The molecule has 0 atom stereocenters. The fraction of sp³-hybridized carbons (Fsp3) is 0.0435. The molecule has 71 heavy (non-hydrogen) atoms. The fourth-order valence-corrected chi connectivity index (χ4v) is 11.8. The molecule has 14 rings (SSSR count). The Morgan fingerprint density at radius 1 is 0.282 bits per heavy atom. The smallest absolute Gasteiger partial charge is 0.0541 e. The van der Waals surface area contributed by atoms with E-state index in [1.807, 2.05) is 0 Å². The second-order valence-corrected chi connectivity index (χ2v) is 19.7. The SMILES string of the molecule is CC1(C)c2ccccc2-c2ccc(-c3ccc4c(c3)c3cc(-c5ccc(N(c6ccc(-c7ccccc7)cc6)c6ccc7c8ccccc8c8ccccc8c7c6)cc5)ccc3n4-c3ccccc3)cc21. The van der Waals surface area contributed by atoms with E-state index >= 15 is 0 Å². The van der Waals surface area contributed by atoms with Crippen molar-refractivity contribution in [1.82, 2.24) is 4.57 Å². The molecule has 1 aliphatic rings. The van der Waals surface area contributed by atoms with E-state index in [0.717, 1.165) is 22.7 Å². The molecule has 1 aliphatic carbocycles. The summed E-state index contributed by atoms with van der Waals surface area (Å²) >= 11 is 0. The second-order valence-electron chi connectivity index (χ2n) is 19.7. The van der Waals surface area contributed by atoms with Crippen LogP contribution in [0.4, 0.5) is 17.1 Å². The van der Waals surface area contributed by atoms with Gasteiger partial charge in [0.05, 0.1) is 11.0 Å². The van der Waals surface area contributed by atoms with Gasteiger partial charge in [-0.05, 0) is 167 Å². The van der Waals surface area contributed by atoms with Gasteiger partial charge in [-0.15, -0.1) is 0 Å². The highest BCUT2D eigenvalue weighted by Gasteiger charge is 2.35. The Kier molecular flexibility index (Phi) is 9.28. The lowest BCUT2D eigenvalue weighted by molar-refractivity contribution is 0.660. The highest BCUT2D eigenvalue weighted by atomic mass is 15.1. The van der Waals surface area contributed by atoms with Crippen molar-refractivity contribution in [1.29, 1.82) is 0 Å². The number of nitrogens with zero attached hydrogens (tertiary/aromatic N) is 2. The molecule has 0 N–H and O–H groups in total. The maximum atomic E-state index is 2.43. The summed E-state index contributed by atoms with van der Waals surface area (Å²) in [7, 11) is 0. The average molecular weight is 905 g/mol. The zero-order valence-corrected chi connectivity index (χ0v) is 39.6. The molecule has 0 bridgehead atoms. The third-order valence-electron chi connectivity index (χ3n) is 15.4. The van der Waals surface area contributed by atoms with Gasteiger partial charge in [-0.1, -0.05) is 190 Å². The van der Waals surface area contributed by atoms with Crippen LogP contribution < -0.4 is 4.90 Å². The van der Waals surface area contributed by atoms with Crippen molar-refractivity contribution in [2.45, 2.75) is 19.3 Å². The van der Waals surface area contributed by atoms with E-state index < -0.39 is 0 Å². The maximum Gasteiger partial charge on any atom is 0.0541 e. The molecule has 0 radical (unpaired) electrons. The molecule has 334 valence electrons. The normalized spacial score (nSPS) is 12.8. The van der Waals surface area contributed by atoms with E-state index in [9.17, 15) is 0 Å². The maximum absolute atomic E-state index is 2.43. The average Bonchev–Trinajstić information content (AvgIpc) is 3.88. The van der Waals surface area contributed by atoms with Gasteiger partial charge < -0.3 is 9.47 Å². The van der Waals surface area contributed by atoms with Gasteiger partial charge in [0.25, 0.3) is 0 Å². The van der Waals surface area contributed by atoms with E-state index in [1.165, 1.54) is 110 Å². The first-order chi connectivity index (χ1) is 35.0. The molecule has 1 aromatic heterocycles. The zero-order chi connectivity index (χ0) is 47.2. The highest BCUT2D eigenvalue weighted by molar-refractivity contribution is 6.26. The van der Waals surface area contributed by atoms with Gasteiger partial charge >= 0.3 is 0 Å². The van der Waals surface area contributed by atoms with Crippen molar-refractivity contribution in [3.63, 3.8) is 0 Å². The van der Waals surface area contributed by atoms with Crippen molar-refractivity contribution in [3.8, 4) is 50.2 Å². The minimum atomic E-state index is -0.0659. The van der Waals surface area contributed by atoms with Gasteiger partial charge in [0, 0.05) is 38.9 Å². The number of aromatic nitrogens is 1. The van der Waals surface area contributed by atoms with Crippen LogP contribution in [0.1, 0.15) is 25.0 Å². The number of hydrogen-bond acceptors (Lipinski definition) is 1. The Morgan fingerprint density at radius 2 is 0.704 bits per heavy atom. The summed E-state index contributed by atoms with van der Waals surface area (Å²) in [4.78, 5) is 2.40. The molecule has 2 nitrogen and oxygen atoms in total. The molecule has 0 fully saturated rings. The lowest BCUT2D eigenvalue weighted by atomic mass is 9.81. The zero-order valence-electron chi connectivity index (χ0n) is 39.6. The van der Waals surface area contributed by atoms with E-state index in [-0.39, 0.29) is 5.41 Å². The Bertz CT molecular complexity index is 4180. The molecule has 0 saturated heterocycles. The number of para-hydroxylation sites is 1. The Labute approximate surface area is 414 Å². The molecule has 0 spiro atoms. The van der Waals surface area contributed by atoms with Gasteiger partial charge in [0.15, 0.2) is 0 Å². The summed E-state index contributed by atoms with van der Waals surface area (Å²) in [5.41, 5.74) is 19.5. The minimum Gasteiger partial charge on any atom is -0.310 e. The van der Waals surface area contributed by atoms with Crippen LogP contribution in [0.25, 0.3) is 104 Å². The summed E-state index contributed by atoms with van der Waals surface area (Å²) in [5, 5.41) is 10.1. The molecule has 0 unspecified atom stereocenters. The molecule has 2 heteroatoms. The van der Waals surface area contributed by atoms with Crippen LogP contribution >= 0.6 is 0 Å². The summed E-state index contributed by atoms with van der Waals surface area (Å²) in [6, 6.07) is 94.2. The van der Waals surface area contributed by atoms with Crippen LogP contribution in [0.2, 0.25) is 0 Å². The number of rotatable bonds is 7. The number of fused-ring (bicyclic) bond motifs is 12. The molecule has 12 aromatic carbocycles. The molecule has 13 aromatic rings. The fourth-order valence-electron chi connectivity index (χ4n) is 11.8. The first kappa shape index (κ1) is 41.0. The quantitative estimate of drug-likeness (QED) is 0.145. The standard InChI is InChI=1S/C69H48N2/c1-69(2)65-24-14-13-23-60(65)61-37-29-50(43-66(61)69)49-31-40-68-64(42-49)63-41-48(30-39-67(63)71(68)51-17-7-4-8-18-51)47-27-34-53(35-28-47)70(52-32-25-46(26-33-52)45-15-5-3-6-16-45)54-36-38-59-57-21-10-9-19-55(57)56-20-11-12-22-58(56)62(59)44-54/h3-44H,1-2H3. The van der Waals surface area contributed by atoms with Crippen LogP contribution in [-0.2, 0) is 5.41 Å². The van der Waals surface area contributed by atoms with Crippen LogP contribution in [0.15, 0.2) is 255 Å². The second kappa shape index (κ2) is 16.1. The predicted octanol–water partition coefficient (Wildman–Crippen LogP) is 19.0. The monoisotopic (exact) mass is 904 g/mol. The Balaban J connectivity index is 0.890. The summed E-state index contributed by atoms with van der Waals surface area (Å²) in [6.45, 7) is 4.72. The van der Waals surface area contributed by atoms with E-state index in [2.05, 4.69) is 278 Å². The van der Waals surface area contributed by atoms with Gasteiger partial charge in [-0.3, -0.25) is 0 Å². The molecular weight excluding hydrogens is 857 g/mol. The lowest BCUT2D eigenvalue weighted by Crippen LogP contribution is -2.14. The van der Waals surface area contributed by atoms with Crippen LogP contribution in [0, 0.1) is 0 Å². The Morgan fingerprint density at radius 3 is 1.32 bits per heavy atom. The first-order valence-corrected chi connectivity index (χ1v) is 24.7. The lowest BCUT2D eigenvalue weighted by Gasteiger charge is -2.26. The van der Waals surface area contributed by atoms with Gasteiger partial charge in [-0.25, -0.2) is 0 Å². The highest BCUT2D eigenvalue weighted by Crippen LogP contribution is 2.50. The van der Waals surface area contributed by atoms with Gasteiger partial charge in [-0.2, -0.15) is 0 Å². The van der Waals surface area contributed by atoms with Crippen molar-refractivity contribution in [2.75, 3.05) is 4.90 Å². The first-order valence-electron chi connectivity index (χ1n) is 24.7. The van der Waals surface area contributed by atoms with E-state index in [0.29, 0.717) is 0 Å².